The highest BCUT2D eigenvalue weighted by Gasteiger charge is 2.24. The van der Waals surface area contributed by atoms with E-state index in [2.05, 4.69) is 15.9 Å². The average Bonchev–Trinajstić information content (AvgIpc) is 2.54. The van der Waals surface area contributed by atoms with E-state index >= 15 is 0 Å². The van der Waals surface area contributed by atoms with Crippen LogP contribution >= 0.6 is 15.9 Å². The van der Waals surface area contributed by atoms with Crippen LogP contribution in [-0.2, 0) is 0 Å². The minimum atomic E-state index is -0.170. The van der Waals surface area contributed by atoms with Gasteiger partial charge < -0.3 is 14.4 Å². The Kier molecular flexibility index (Phi) is 4.34. The van der Waals surface area contributed by atoms with Crippen molar-refractivity contribution in [3.8, 4) is 11.5 Å². The van der Waals surface area contributed by atoms with Crippen molar-refractivity contribution in [1.82, 2.24) is 4.90 Å². The van der Waals surface area contributed by atoms with Gasteiger partial charge in [0.05, 0.1) is 6.54 Å². The molecule has 1 amide bonds. The number of benzene rings is 2. The second-order valence-corrected chi connectivity index (χ2v) is 6.11. The first-order valence-electron chi connectivity index (χ1n) is 7.03. The summed E-state index contributed by atoms with van der Waals surface area (Å²) in [5, 5.41) is 0. The number of amides is 1. The number of halogens is 1. The van der Waals surface area contributed by atoms with Gasteiger partial charge in [0.15, 0.2) is 17.6 Å². The molecular formula is C17H16BrNO3. The predicted molar refractivity (Wildman–Crippen MR) is 87.5 cm³/mol. The lowest BCUT2D eigenvalue weighted by Crippen LogP contribution is -2.41. The number of rotatable bonds is 3. The molecule has 2 aromatic carbocycles. The van der Waals surface area contributed by atoms with Crippen molar-refractivity contribution in [2.75, 3.05) is 20.2 Å². The normalized spacial score (nSPS) is 16.2. The lowest BCUT2D eigenvalue weighted by atomic mass is 10.2. The number of fused-ring (bicyclic) bond motifs is 1. The van der Waals surface area contributed by atoms with Gasteiger partial charge in [-0.15, -0.1) is 0 Å². The highest BCUT2D eigenvalue weighted by molar-refractivity contribution is 9.10. The number of hydrogen-bond acceptors (Lipinski definition) is 3. The number of para-hydroxylation sites is 2. The molecule has 1 heterocycles. The minimum Gasteiger partial charge on any atom is -0.486 e. The van der Waals surface area contributed by atoms with Crippen molar-refractivity contribution in [1.29, 1.82) is 0 Å². The van der Waals surface area contributed by atoms with E-state index < -0.39 is 0 Å². The molecule has 0 unspecified atom stereocenters. The van der Waals surface area contributed by atoms with Gasteiger partial charge in [-0.05, 0) is 30.3 Å². The van der Waals surface area contributed by atoms with Crippen molar-refractivity contribution < 1.29 is 14.3 Å². The zero-order valence-corrected chi connectivity index (χ0v) is 13.7. The van der Waals surface area contributed by atoms with Crippen LogP contribution in [0.2, 0.25) is 0 Å². The predicted octanol–water partition coefficient (Wildman–Crippen LogP) is 3.36. The first-order valence-corrected chi connectivity index (χ1v) is 7.82. The lowest BCUT2D eigenvalue weighted by molar-refractivity contribution is 0.0521. The molecule has 0 aromatic heterocycles. The van der Waals surface area contributed by atoms with E-state index in [9.17, 15) is 4.79 Å². The van der Waals surface area contributed by atoms with Crippen molar-refractivity contribution in [2.24, 2.45) is 0 Å². The van der Waals surface area contributed by atoms with Gasteiger partial charge in [0.25, 0.3) is 5.91 Å². The fourth-order valence-electron chi connectivity index (χ4n) is 2.38. The minimum absolute atomic E-state index is 0.0382. The van der Waals surface area contributed by atoms with Crippen molar-refractivity contribution in [3.05, 3.63) is 58.6 Å². The maximum absolute atomic E-state index is 12.4. The van der Waals surface area contributed by atoms with Crippen LogP contribution in [0.4, 0.5) is 0 Å². The summed E-state index contributed by atoms with van der Waals surface area (Å²) < 4.78 is 12.4. The number of likely N-dealkylation sites (N-methyl/N-ethyl adjacent to an activating group) is 1. The van der Waals surface area contributed by atoms with Crippen LogP contribution in [-0.4, -0.2) is 37.1 Å². The second-order valence-electron chi connectivity index (χ2n) is 5.19. The molecule has 114 valence electrons. The SMILES string of the molecule is CN(C[C@H]1COc2ccccc2O1)C(=O)c1cccc(Br)c1. The van der Waals surface area contributed by atoms with Gasteiger partial charge in [-0.25, -0.2) is 0 Å². The van der Waals surface area contributed by atoms with E-state index in [4.69, 9.17) is 9.47 Å². The standard InChI is InChI=1S/C17H16BrNO3/c1-19(17(20)12-5-4-6-13(18)9-12)10-14-11-21-15-7-2-3-8-16(15)22-14/h2-9,14H,10-11H2,1H3/t14-/m0/s1. The van der Waals surface area contributed by atoms with E-state index in [0.717, 1.165) is 16.0 Å². The van der Waals surface area contributed by atoms with Crippen LogP contribution in [0.1, 0.15) is 10.4 Å². The quantitative estimate of drug-likeness (QED) is 0.841. The number of nitrogens with zero attached hydrogens (tertiary/aromatic N) is 1. The molecule has 1 aliphatic rings. The summed E-state index contributed by atoms with van der Waals surface area (Å²) in [6.07, 6.45) is -0.170. The maximum atomic E-state index is 12.4. The number of ether oxygens (including phenoxy) is 2. The summed E-state index contributed by atoms with van der Waals surface area (Å²) in [6.45, 7) is 0.910. The third kappa shape index (κ3) is 3.25. The topological polar surface area (TPSA) is 38.8 Å². The Bertz CT molecular complexity index is 689. The Hall–Kier alpha value is -2.01. The average molecular weight is 362 g/mol. The summed E-state index contributed by atoms with van der Waals surface area (Å²) in [7, 11) is 1.77. The summed E-state index contributed by atoms with van der Waals surface area (Å²) in [5.41, 5.74) is 0.647. The monoisotopic (exact) mass is 361 g/mol. The molecule has 0 radical (unpaired) electrons. The third-order valence-electron chi connectivity index (χ3n) is 3.46. The van der Waals surface area contributed by atoms with E-state index in [1.807, 2.05) is 42.5 Å². The molecule has 5 heteroatoms. The van der Waals surface area contributed by atoms with Gasteiger partial charge in [-0.2, -0.15) is 0 Å². The fourth-order valence-corrected chi connectivity index (χ4v) is 2.78. The van der Waals surface area contributed by atoms with Crippen LogP contribution in [0.25, 0.3) is 0 Å². The molecule has 0 saturated heterocycles. The molecular weight excluding hydrogens is 346 g/mol. The summed E-state index contributed by atoms with van der Waals surface area (Å²) in [5.74, 6) is 1.44. The van der Waals surface area contributed by atoms with Gasteiger partial charge in [-0.3, -0.25) is 4.79 Å². The van der Waals surface area contributed by atoms with Gasteiger partial charge in [0, 0.05) is 17.1 Å². The highest BCUT2D eigenvalue weighted by atomic mass is 79.9. The molecule has 0 spiro atoms. The maximum Gasteiger partial charge on any atom is 0.253 e. The second kappa shape index (κ2) is 6.40. The van der Waals surface area contributed by atoms with Crippen molar-refractivity contribution >= 4 is 21.8 Å². The van der Waals surface area contributed by atoms with Gasteiger partial charge >= 0.3 is 0 Å². The summed E-state index contributed by atoms with van der Waals surface area (Å²) >= 11 is 3.38. The molecule has 2 aromatic rings. The molecule has 0 aliphatic carbocycles. The molecule has 0 fully saturated rings. The first-order chi connectivity index (χ1) is 10.6. The molecule has 0 saturated carbocycles. The van der Waals surface area contributed by atoms with E-state index in [1.165, 1.54) is 0 Å². The Balaban J connectivity index is 1.65. The van der Waals surface area contributed by atoms with Crippen LogP contribution < -0.4 is 9.47 Å². The van der Waals surface area contributed by atoms with Crippen molar-refractivity contribution in [2.45, 2.75) is 6.10 Å². The summed E-state index contributed by atoms with van der Waals surface area (Å²) in [6, 6.07) is 14.9. The lowest BCUT2D eigenvalue weighted by Gasteiger charge is -2.29. The molecule has 0 bridgehead atoms. The molecule has 1 atom stereocenters. The Morgan fingerprint density at radius 3 is 2.77 bits per heavy atom. The smallest absolute Gasteiger partial charge is 0.253 e. The van der Waals surface area contributed by atoms with Crippen molar-refractivity contribution in [3.63, 3.8) is 0 Å². The van der Waals surface area contributed by atoms with E-state index in [-0.39, 0.29) is 12.0 Å². The van der Waals surface area contributed by atoms with Gasteiger partial charge in [-0.1, -0.05) is 34.1 Å². The van der Waals surface area contributed by atoms with Crippen LogP contribution in [0.3, 0.4) is 0 Å². The molecule has 0 N–H and O–H groups in total. The Morgan fingerprint density at radius 2 is 2.00 bits per heavy atom. The highest BCUT2D eigenvalue weighted by Crippen LogP contribution is 2.31. The fraction of sp³-hybridized carbons (Fsp3) is 0.235. The Morgan fingerprint density at radius 1 is 1.23 bits per heavy atom. The van der Waals surface area contributed by atoms with Gasteiger partial charge in [0.2, 0.25) is 0 Å². The number of carbonyl (C=O) groups excluding carboxylic acids is 1. The number of carbonyl (C=O) groups is 1. The molecule has 3 rings (SSSR count). The van der Waals surface area contributed by atoms with Crippen LogP contribution in [0.15, 0.2) is 53.0 Å². The Labute approximate surface area is 137 Å². The van der Waals surface area contributed by atoms with E-state index in [1.54, 1.807) is 18.0 Å². The van der Waals surface area contributed by atoms with Crippen LogP contribution in [0, 0.1) is 0 Å². The molecule has 22 heavy (non-hydrogen) atoms. The van der Waals surface area contributed by atoms with Gasteiger partial charge in [0.1, 0.15) is 6.61 Å². The zero-order chi connectivity index (χ0) is 15.5. The zero-order valence-electron chi connectivity index (χ0n) is 12.2. The van der Waals surface area contributed by atoms with E-state index in [0.29, 0.717) is 18.7 Å². The third-order valence-corrected chi connectivity index (χ3v) is 3.96. The largest absolute Gasteiger partial charge is 0.486 e. The first kappa shape index (κ1) is 14.9. The summed E-state index contributed by atoms with van der Waals surface area (Å²) in [4.78, 5) is 14.1. The molecule has 1 aliphatic heterocycles. The van der Waals surface area contributed by atoms with Crippen LogP contribution in [0.5, 0.6) is 11.5 Å². The molecule has 4 nitrogen and oxygen atoms in total. The number of hydrogen-bond donors (Lipinski definition) is 0.